The lowest BCUT2D eigenvalue weighted by atomic mass is 10.2. The molecule has 0 fully saturated rings. The second-order valence-corrected chi connectivity index (χ2v) is 5.23. The van der Waals surface area contributed by atoms with E-state index < -0.39 is 0 Å². The summed E-state index contributed by atoms with van der Waals surface area (Å²) in [4.78, 5) is 16.3. The van der Waals surface area contributed by atoms with E-state index >= 15 is 0 Å². The second-order valence-electron chi connectivity index (χ2n) is 4.34. The van der Waals surface area contributed by atoms with Crippen molar-refractivity contribution >= 4 is 22.9 Å². The molecule has 0 aliphatic carbocycles. The van der Waals surface area contributed by atoms with E-state index in [0.717, 1.165) is 5.01 Å². The lowest BCUT2D eigenvalue weighted by molar-refractivity contribution is 0.102. The van der Waals surface area contributed by atoms with Gasteiger partial charge in [-0.15, -0.1) is 11.3 Å². The number of nitrogens with zero attached hydrogens (tertiary/aromatic N) is 2. The highest BCUT2D eigenvalue weighted by atomic mass is 32.1. The minimum absolute atomic E-state index is 0.286. The number of nitriles is 1. The summed E-state index contributed by atoms with van der Waals surface area (Å²) in [7, 11) is 0. The van der Waals surface area contributed by atoms with E-state index in [1.165, 1.54) is 11.3 Å². The fourth-order valence-corrected chi connectivity index (χ4v) is 2.35. The summed E-state index contributed by atoms with van der Waals surface area (Å²) < 4.78 is 0. The highest BCUT2D eigenvalue weighted by Crippen LogP contribution is 2.20. The Morgan fingerprint density at radius 3 is 2.79 bits per heavy atom. The summed E-state index contributed by atoms with van der Waals surface area (Å²) in [5, 5.41) is 14.3. The van der Waals surface area contributed by atoms with Crippen molar-refractivity contribution in [1.82, 2.24) is 4.98 Å². The monoisotopic (exact) mass is 271 g/mol. The third-order valence-corrected chi connectivity index (χ3v) is 3.69. The van der Waals surface area contributed by atoms with Crippen LogP contribution in [-0.4, -0.2) is 10.9 Å². The summed E-state index contributed by atoms with van der Waals surface area (Å²) in [5.41, 5.74) is 1.34. The van der Waals surface area contributed by atoms with Gasteiger partial charge in [-0.3, -0.25) is 4.79 Å². The van der Waals surface area contributed by atoms with Crippen LogP contribution >= 0.6 is 11.3 Å². The maximum Gasteiger partial charge on any atom is 0.275 e. The molecular formula is C14H13N3OS. The van der Waals surface area contributed by atoms with Crippen molar-refractivity contribution in [3.8, 4) is 6.07 Å². The van der Waals surface area contributed by atoms with Gasteiger partial charge in [-0.1, -0.05) is 26.0 Å². The van der Waals surface area contributed by atoms with Crippen LogP contribution in [0.3, 0.4) is 0 Å². The number of para-hydroxylation sites is 1. The second kappa shape index (κ2) is 5.63. The Hall–Kier alpha value is -2.19. The Bertz CT molecular complexity index is 640. The van der Waals surface area contributed by atoms with E-state index in [4.69, 9.17) is 5.26 Å². The van der Waals surface area contributed by atoms with Gasteiger partial charge in [0.05, 0.1) is 16.3 Å². The van der Waals surface area contributed by atoms with E-state index in [9.17, 15) is 4.79 Å². The summed E-state index contributed by atoms with van der Waals surface area (Å²) in [6.07, 6.45) is 0. The van der Waals surface area contributed by atoms with Gasteiger partial charge in [0.2, 0.25) is 0 Å². The number of anilines is 1. The summed E-state index contributed by atoms with van der Waals surface area (Å²) in [5.74, 6) is 0.0174. The molecule has 0 spiro atoms. The molecule has 0 aliphatic heterocycles. The van der Waals surface area contributed by atoms with Crippen molar-refractivity contribution in [3.63, 3.8) is 0 Å². The third-order valence-electron chi connectivity index (χ3n) is 2.54. The van der Waals surface area contributed by atoms with Gasteiger partial charge in [0.1, 0.15) is 11.8 Å². The maximum absolute atomic E-state index is 12.0. The molecule has 2 rings (SSSR count). The van der Waals surface area contributed by atoms with Crippen LogP contribution in [0.2, 0.25) is 0 Å². The normalized spacial score (nSPS) is 10.2. The lowest BCUT2D eigenvalue weighted by Gasteiger charge is -2.04. The van der Waals surface area contributed by atoms with Crippen LogP contribution in [0.5, 0.6) is 0 Å². The van der Waals surface area contributed by atoms with Crippen LogP contribution in [0.1, 0.15) is 40.8 Å². The van der Waals surface area contributed by atoms with Gasteiger partial charge < -0.3 is 5.32 Å². The molecule has 0 aliphatic rings. The Balaban J connectivity index is 2.19. The van der Waals surface area contributed by atoms with Crippen molar-refractivity contribution < 1.29 is 4.79 Å². The first-order valence-electron chi connectivity index (χ1n) is 5.87. The van der Waals surface area contributed by atoms with E-state index in [1.807, 2.05) is 19.9 Å². The molecule has 19 heavy (non-hydrogen) atoms. The zero-order valence-corrected chi connectivity index (χ0v) is 11.5. The molecule has 0 atom stereocenters. The molecule has 1 aromatic carbocycles. The Kier molecular flexibility index (Phi) is 3.93. The van der Waals surface area contributed by atoms with Gasteiger partial charge in [-0.2, -0.15) is 5.26 Å². The average Bonchev–Trinajstić information content (AvgIpc) is 2.89. The largest absolute Gasteiger partial charge is 0.319 e. The zero-order valence-electron chi connectivity index (χ0n) is 10.7. The number of carbonyl (C=O) groups is 1. The zero-order chi connectivity index (χ0) is 13.8. The van der Waals surface area contributed by atoms with Crippen LogP contribution < -0.4 is 5.32 Å². The number of hydrogen-bond donors (Lipinski definition) is 1. The number of nitrogens with one attached hydrogen (secondary N) is 1. The standard InChI is InChI=1S/C14H13N3OS/c1-9(2)14-17-12(8-19-14)13(18)16-11-6-4-3-5-10(11)7-15/h3-6,8-9H,1-2H3,(H,16,18). The van der Waals surface area contributed by atoms with Gasteiger partial charge in [0.15, 0.2) is 0 Å². The number of hydrogen-bond acceptors (Lipinski definition) is 4. The van der Waals surface area contributed by atoms with Gasteiger partial charge in [0, 0.05) is 11.3 Å². The number of rotatable bonds is 3. The SMILES string of the molecule is CC(C)c1nc(C(=O)Nc2ccccc2C#N)cs1. The van der Waals surface area contributed by atoms with Crippen molar-refractivity contribution in [2.75, 3.05) is 5.32 Å². The molecule has 0 bridgehead atoms. The quantitative estimate of drug-likeness (QED) is 0.930. The van der Waals surface area contributed by atoms with Crippen molar-refractivity contribution in [2.45, 2.75) is 19.8 Å². The molecule has 96 valence electrons. The fourth-order valence-electron chi connectivity index (χ4n) is 1.53. The number of amides is 1. The summed E-state index contributed by atoms with van der Waals surface area (Å²) in [6, 6.07) is 8.94. The summed E-state index contributed by atoms with van der Waals surface area (Å²) in [6.45, 7) is 4.07. The molecule has 0 saturated carbocycles. The van der Waals surface area contributed by atoms with Crippen molar-refractivity contribution in [2.24, 2.45) is 0 Å². The summed E-state index contributed by atoms with van der Waals surface area (Å²) >= 11 is 1.47. The van der Waals surface area contributed by atoms with Gasteiger partial charge in [-0.05, 0) is 12.1 Å². The average molecular weight is 271 g/mol. The van der Waals surface area contributed by atoms with Gasteiger partial charge in [0.25, 0.3) is 5.91 Å². The molecule has 0 saturated heterocycles. The minimum atomic E-state index is -0.286. The molecule has 2 aromatic rings. The molecule has 0 unspecified atom stereocenters. The van der Waals surface area contributed by atoms with Crippen LogP contribution in [0.25, 0.3) is 0 Å². The molecule has 1 aromatic heterocycles. The van der Waals surface area contributed by atoms with E-state index in [2.05, 4.69) is 10.3 Å². The first-order valence-corrected chi connectivity index (χ1v) is 6.75. The first kappa shape index (κ1) is 13.2. The molecule has 5 heteroatoms. The maximum atomic E-state index is 12.0. The number of aromatic nitrogens is 1. The minimum Gasteiger partial charge on any atom is -0.319 e. The fraction of sp³-hybridized carbons (Fsp3) is 0.214. The number of thiazole rings is 1. The Labute approximate surface area is 115 Å². The van der Waals surface area contributed by atoms with Gasteiger partial charge in [-0.25, -0.2) is 4.98 Å². The third kappa shape index (κ3) is 2.98. The molecule has 1 heterocycles. The van der Waals surface area contributed by atoms with Crippen LogP contribution in [-0.2, 0) is 0 Å². The predicted octanol–water partition coefficient (Wildman–Crippen LogP) is 3.39. The Morgan fingerprint density at radius 2 is 2.16 bits per heavy atom. The van der Waals surface area contributed by atoms with E-state index in [0.29, 0.717) is 22.9 Å². The topological polar surface area (TPSA) is 65.8 Å². The van der Waals surface area contributed by atoms with Crippen LogP contribution in [0.4, 0.5) is 5.69 Å². The Morgan fingerprint density at radius 1 is 1.42 bits per heavy atom. The molecule has 1 amide bonds. The predicted molar refractivity (Wildman–Crippen MR) is 75.3 cm³/mol. The molecule has 4 nitrogen and oxygen atoms in total. The van der Waals surface area contributed by atoms with Crippen LogP contribution in [0.15, 0.2) is 29.6 Å². The van der Waals surface area contributed by atoms with Gasteiger partial charge >= 0.3 is 0 Å². The lowest BCUT2D eigenvalue weighted by Crippen LogP contribution is -2.13. The molecule has 1 N–H and O–H groups in total. The van der Waals surface area contributed by atoms with E-state index in [1.54, 1.807) is 29.6 Å². The van der Waals surface area contributed by atoms with Crippen molar-refractivity contribution in [3.05, 3.63) is 45.9 Å². The van der Waals surface area contributed by atoms with Crippen LogP contribution in [0, 0.1) is 11.3 Å². The van der Waals surface area contributed by atoms with E-state index in [-0.39, 0.29) is 5.91 Å². The molecular weight excluding hydrogens is 258 g/mol. The number of carbonyl (C=O) groups excluding carboxylic acids is 1. The highest BCUT2D eigenvalue weighted by Gasteiger charge is 2.13. The smallest absolute Gasteiger partial charge is 0.275 e. The first-order chi connectivity index (χ1) is 9.11. The van der Waals surface area contributed by atoms with Crippen molar-refractivity contribution in [1.29, 1.82) is 5.26 Å². The highest BCUT2D eigenvalue weighted by molar-refractivity contribution is 7.09. The number of benzene rings is 1. The molecule has 0 radical (unpaired) electrons.